The van der Waals surface area contributed by atoms with E-state index in [0.29, 0.717) is 69.3 Å². The van der Waals surface area contributed by atoms with Crippen LogP contribution in [0.5, 0.6) is 0 Å². The van der Waals surface area contributed by atoms with Gasteiger partial charge in [0.25, 0.3) is 11.8 Å². The number of ether oxygens (including phenoxy) is 1. The highest BCUT2D eigenvalue weighted by Crippen LogP contribution is 2.41. The maximum Gasteiger partial charge on any atom is 0.407 e. The van der Waals surface area contributed by atoms with Gasteiger partial charge in [0.15, 0.2) is 5.82 Å². The molecule has 0 unspecified atom stereocenters. The highest BCUT2D eigenvalue weighted by Gasteiger charge is 2.64. The summed E-state index contributed by atoms with van der Waals surface area (Å²) in [5.74, 6) is -16.3. The fourth-order valence-electron chi connectivity index (χ4n) is 8.11. The Bertz CT molecular complexity index is 2480. The van der Waals surface area contributed by atoms with Crippen LogP contribution in [0.1, 0.15) is 86.6 Å². The number of likely N-dealkylation sites (tertiary alicyclic amines) is 1. The molecule has 1 aromatic heterocycles. The number of primary amides is 1. The second kappa shape index (κ2) is 20.8. The Morgan fingerprint density at radius 3 is 2.10 bits per heavy atom. The molecule has 364 valence electrons. The van der Waals surface area contributed by atoms with Gasteiger partial charge in [-0.05, 0) is 131 Å². The van der Waals surface area contributed by atoms with E-state index in [9.17, 15) is 51.4 Å². The van der Waals surface area contributed by atoms with Crippen LogP contribution in [0.2, 0.25) is 0 Å². The normalized spacial score (nSPS) is 17.4. The van der Waals surface area contributed by atoms with E-state index < -0.39 is 59.2 Å². The minimum Gasteiger partial charge on any atom is -0.465 e. The molecule has 6 amide bonds. The van der Waals surface area contributed by atoms with Crippen LogP contribution in [0.4, 0.5) is 32.8 Å². The molecule has 1 saturated carbocycles. The van der Waals surface area contributed by atoms with Crippen molar-refractivity contribution in [3.05, 3.63) is 89.2 Å². The number of aromatic amines is 1. The van der Waals surface area contributed by atoms with Gasteiger partial charge in [-0.15, -0.1) is 0 Å². The van der Waals surface area contributed by atoms with Crippen LogP contribution in [-0.2, 0) is 31.5 Å². The van der Waals surface area contributed by atoms with Gasteiger partial charge in [-0.2, -0.15) is 22.7 Å². The summed E-state index contributed by atoms with van der Waals surface area (Å²) >= 11 is 0. The second-order valence-corrected chi connectivity index (χ2v) is 18.2. The number of benzene rings is 3. The Morgan fingerprint density at radius 2 is 1.51 bits per heavy atom. The smallest absolute Gasteiger partial charge is 0.407 e. The first kappa shape index (κ1) is 50.4. The van der Waals surface area contributed by atoms with Crippen molar-refractivity contribution in [3.63, 3.8) is 0 Å². The molecule has 8 N–H and O–H groups in total. The van der Waals surface area contributed by atoms with Crippen molar-refractivity contribution in [3.8, 4) is 22.5 Å². The number of hydrogen-bond donors (Lipinski definition) is 7. The van der Waals surface area contributed by atoms with E-state index in [1.54, 1.807) is 32.9 Å². The zero-order valence-electron chi connectivity index (χ0n) is 38.0. The average molecular weight is 950 g/mol. The number of halogens is 4. The molecule has 0 spiro atoms. The van der Waals surface area contributed by atoms with Crippen molar-refractivity contribution in [1.29, 1.82) is 0 Å². The van der Waals surface area contributed by atoms with E-state index in [-0.39, 0.29) is 47.3 Å². The monoisotopic (exact) mass is 949 g/mol. The Kier molecular flexibility index (Phi) is 15.4. The van der Waals surface area contributed by atoms with Crippen LogP contribution in [0.3, 0.4) is 0 Å². The third-order valence-corrected chi connectivity index (χ3v) is 12.0. The van der Waals surface area contributed by atoms with Gasteiger partial charge in [0.2, 0.25) is 17.6 Å². The van der Waals surface area contributed by atoms with E-state index in [4.69, 9.17) is 4.74 Å². The summed E-state index contributed by atoms with van der Waals surface area (Å²) in [5, 5.41) is 26.0. The molecule has 2 heterocycles. The van der Waals surface area contributed by atoms with Crippen molar-refractivity contribution >= 4 is 41.5 Å². The SMILES string of the molecule is Cc1cc(C(=O)NC2CCN(C(=O)O)CC2)ccc1-c1ccc(C[C@H](NC(=O)[C@H]2CC[C@H](CNC(=O)OC(C)(C)C)CC2)C(=O)Nc2ccc(-c3nc(C(F)(F)C(F)(F)C(N)=O)n[nH]3)cc2)cc1. The summed E-state index contributed by atoms with van der Waals surface area (Å²) in [6.45, 7) is 8.29. The Hall–Kier alpha value is -7.06. The number of H-pyrrole nitrogens is 1. The highest BCUT2D eigenvalue weighted by atomic mass is 19.3. The van der Waals surface area contributed by atoms with Gasteiger partial charge in [-0.1, -0.05) is 30.3 Å². The molecule has 6 rings (SSSR count). The van der Waals surface area contributed by atoms with Crippen LogP contribution >= 0.6 is 0 Å². The molecular weight excluding hydrogens is 895 g/mol. The lowest BCUT2D eigenvalue weighted by Gasteiger charge is -2.30. The fourth-order valence-corrected chi connectivity index (χ4v) is 8.11. The number of carbonyl (C=O) groups excluding carboxylic acids is 5. The number of nitrogens with zero attached hydrogens (tertiary/aromatic N) is 3. The number of anilines is 1. The minimum absolute atomic E-state index is 0.0829. The van der Waals surface area contributed by atoms with Crippen molar-refractivity contribution < 1.29 is 56.2 Å². The molecule has 0 radical (unpaired) electrons. The van der Waals surface area contributed by atoms with Crippen LogP contribution < -0.4 is 27.0 Å². The van der Waals surface area contributed by atoms with Gasteiger partial charge in [0, 0.05) is 54.8 Å². The van der Waals surface area contributed by atoms with Crippen molar-refractivity contribution in [2.24, 2.45) is 17.6 Å². The van der Waals surface area contributed by atoms with Gasteiger partial charge in [-0.3, -0.25) is 24.3 Å². The summed E-state index contributed by atoms with van der Waals surface area (Å²) in [7, 11) is 0. The fraction of sp³-hybridized carbons (Fsp3) is 0.447. The lowest BCUT2D eigenvalue weighted by molar-refractivity contribution is -0.215. The quantitative estimate of drug-likeness (QED) is 0.0635. The molecule has 68 heavy (non-hydrogen) atoms. The number of nitrogens with two attached hydrogens (primary N) is 1. The number of carboxylic acid groups (broad SMARTS) is 1. The molecule has 17 nitrogen and oxygen atoms in total. The van der Waals surface area contributed by atoms with E-state index in [1.807, 2.05) is 37.3 Å². The number of piperidine rings is 1. The predicted octanol–water partition coefficient (Wildman–Crippen LogP) is 6.53. The summed E-state index contributed by atoms with van der Waals surface area (Å²) in [4.78, 5) is 80.1. The Balaban J connectivity index is 1.13. The number of carbonyl (C=O) groups is 6. The zero-order chi connectivity index (χ0) is 49.6. The van der Waals surface area contributed by atoms with E-state index >= 15 is 0 Å². The van der Waals surface area contributed by atoms with E-state index in [2.05, 4.69) is 42.2 Å². The maximum absolute atomic E-state index is 14.4. The van der Waals surface area contributed by atoms with Crippen LogP contribution in [0, 0.1) is 18.8 Å². The molecular formula is C47H55F4N9O8. The first-order valence-corrected chi connectivity index (χ1v) is 22.2. The number of hydrogen-bond acceptors (Lipinski definition) is 9. The highest BCUT2D eigenvalue weighted by molar-refractivity contribution is 5.98. The molecule has 1 atom stereocenters. The third-order valence-electron chi connectivity index (χ3n) is 12.0. The largest absolute Gasteiger partial charge is 0.465 e. The number of alkyl halides is 4. The molecule has 1 aliphatic heterocycles. The number of alkyl carbamates (subject to hydrolysis) is 1. The molecule has 1 aliphatic carbocycles. The Labute approximate surface area is 389 Å². The first-order valence-electron chi connectivity index (χ1n) is 22.2. The average Bonchev–Trinajstić information content (AvgIpc) is 3.80. The molecule has 1 saturated heterocycles. The lowest BCUT2D eigenvalue weighted by atomic mass is 9.81. The number of nitrogens with one attached hydrogen (secondary N) is 5. The van der Waals surface area contributed by atoms with E-state index in [1.165, 1.54) is 29.2 Å². The van der Waals surface area contributed by atoms with Crippen molar-refractivity contribution in [2.45, 2.75) is 102 Å². The zero-order valence-corrected chi connectivity index (χ0v) is 38.0. The number of aromatic nitrogens is 3. The summed E-state index contributed by atoms with van der Waals surface area (Å²) in [6.07, 6.45) is 2.01. The molecule has 4 aromatic rings. The number of amides is 6. The standard InChI is InChI=1S/C47H55F4N9O8/c1-26-23-32(39(62)54-34-19-21-60(22-20-34)44(66)67)15-18-35(26)29-9-5-27(6-10-29)24-36(56-38(61)31-11-7-28(8-12-31)25-53-43(65)68-45(2,3)4)40(63)55-33-16-13-30(14-17-33)37-57-42(59-58-37)47(50,51)46(48,49)41(52)64/h5-6,9-10,13-18,23,28,31,34,36H,7-8,11-12,19-22,24-25H2,1-4H3,(H2,52,64)(H,53,65)(H,54,62)(H,55,63)(H,56,61)(H,66,67)(H,57,58,59)/t28-,31-,36-/m0/s1. The Morgan fingerprint density at radius 1 is 0.882 bits per heavy atom. The van der Waals surface area contributed by atoms with Gasteiger partial charge in [0.1, 0.15) is 11.6 Å². The summed E-state index contributed by atoms with van der Waals surface area (Å²) < 4.78 is 61.9. The second-order valence-electron chi connectivity index (χ2n) is 18.2. The number of rotatable bonds is 15. The molecule has 2 aliphatic rings. The third kappa shape index (κ3) is 12.5. The van der Waals surface area contributed by atoms with Crippen LogP contribution in [0.25, 0.3) is 22.5 Å². The van der Waals surface area contributed by atoms with E-state index in [0.717, 1.165) is 16.7 Å². The van der Waals surface area contributed by atoms with Crippen molar-refractivity contribution in [1.82, 2.24) is 36.0 Å². The van der Waals surface area contributed by atoms with Gasteiger partial charge < -0.3 is 41.7 Å². The van der Waals surface area contributed by atoms with Gasteiger partial charge >= 0.3 is 24.0 Å². The maximum atomic E-state index is 14.4. The topological polar surface area (TPSA) is 251 Å². The predicted molar refractivity (Wildman–Crippen MR) is 241 cm³/mol. The molecule has 21 heteroatoms. The molecule has 0 bridgehead atoms. The minimum atomic E-state index is -5.26. The lowest BCUT2D eigenvalue weighted by Crippen LogP contribution is -2.49. The summed E-state index contributed by atoms with van der Waals surface area (Å²) in [6, 6.07) is 17.1. The van der Waals surface area contributed by atoms with Crippen molar-refractivity contribution in [2.75, 3.05) is 25.0 Å². The van der Waals surface area contributed by atoms with Gasteiger partial charge in [0.05, 0.1) is 0 Å². The molecule has 3 aromatic carbocycles. The number of aryl methyl sites for hydroxylation is 1. The van der Waals surface area contributed by atoms with Gasteiger partial charge in [-0.25, -0.2) is 14.6 Å². The molecule has 2 fully saturated rings. The first-order chi connectivity index (χ1) is 32.0. The summed E-state index contributed by atoms with van der Waals surface area (Å²) in [5.41, 5.74) is 7.93. The van der Waals surface area contributed by atoms with Crippen LogP contribution in [0.15, 0.2) is 66.7 Å². The van der Waals surface area contributed by atoms with Crippen LogP contribution in [-0.4, -0.2) is 104 Å².